The van der Waals surface area contributed by atoms with Crippen molar-refractivity contribution in [2.45, 2.75) is 65.0 Å². The topological polar surface area (TPSA) is 49.6 Å². The van der Waals surface area contributed by atoms with Crippen LogP contribution in [0.4, 0.5) is 0 Å². The fourth-order valence-electron chi connectivity index (χ4n) is 3.94. The van der Waals surface area contributed by atoms with Crippen molar-refractivity contribution in [1.82, 2.24) is 15.0 Å². The Balaban J connectivity index is 1.67. The van der Waals surface area contributed by atoms with Crippen molar-refractivity contribution < 1.29 is 9.32 Å². The van der Waals surface area contributed by atoms with E-state index in [-0.39, 0.29) is 12.0 Å². The predicted molar refractivity (Wildman–Crippen MR) is 89.0 cm³/mol. The number of likely N-dealkylation sites (tertiary alicyclic amines) is 2. The average molecular weight is 319 g/mol. The monoisotopic (exact) mass is 319 g/mol. The van der Waals surface area contributed by atoms with Crippen molar-refractivity contribution >= 4 is 5.91 Å². The molecule has 0 aliphatic carbocycles. The van der Waals surface area contributed by atoms with E-state index in [0.717, 1.165) is 63.2 Å². The molecule has 1 aromatic heterocycles. The average Bonchev–Trinajstić information content (AvgIpc) is 3.00. The predicted octanol–water partition coefficient (Wildman–Crippen LogP) is 3.16. The first-order valence-corrected chi connectivity index (χ1v) is 9.04. The molecule has 5 nitrogen and oxygen atoms in total. The lowest BCUT2D eigenvalue weighted by Gasteiger charge is -2.40. The number of rotatable bonds is 3. The van der Waals surface area contributed by atoms with E-state index in [1.54, 1.807) is 0 Å². The van der Waals surface area contributed by atoms with Gasteiger partial charge in [-0.3, -0.25) is 4.79 Å². The second kappa shape index (κ2) is 7.04. The molecule has 1 amide bonds. The summed E-state index contributed by atoms with van der Waals surface area (Å²) in [5, 5.41) is 4.18. The highest BCUT2D eigenvalue weighted by Gasteiger charge is 2.35. The maximum Gasteiger partial charge on any atom is 0.226 e. The highest BCUT2D eigenvalue weighted by Crippen LogP contribution is 2.33. The number of hydrogen-bond acceptors (Lipinski definition) is 4. The largest absolute Gasteiger partial charge is 0.361 e. The minimum atomic E-state index is 0.108. The van der Waals surface area contributed by atoms with Gasteiger partial charge in [-0.2, -0.15) is 0 Å². The lowest BCUT2D eigenvalue weighted by Crippen LogP contribution is -2.46. The minimum Gasteiger partial charge on any atom is -0.361 e. The fraction of sp³-hybridized carbons (Fsp3) is 0.778. The third kappa shape index (κ3) is 3.60. The van der Waals surface area contributed by atoms with E-state index in [2.05, 4.69) is 28.8 Å². The van der Waals surface area contributed by atoms with E-state index in [4.69, 9.17) is 4.52 Å². The second-order valence-corrected chi connectivity index (χ2v) is 7.31. The number of nitrogens with zero attached hydrogens (tertiary/aromatic N) is 3. The second-order valence-electron chi connectivity index (χ2n) is 7.31. The van der Waals surface area contributed by atoms with Gasteiger partial charge in [0.05, 0.1) is 6.04 Å². The molecule has 2 aliphatic rings. The maximum atomic E-state index is 13.1. The van der Waals surface area contributed by atoms with Crippen molar-refractivity contribution in [3.05, 3.63) is 17.5 Å². The molecule has 1 atom stereocenters. The van der Waals surface area contributed by atoms with Crippen LogP contribution in [0.1, 0.15) is 63.4 Å². The summed E-state index contributed by atoms with van der Waals surface area (Å²) in [7, 11) is 0. The molecule has 2 saturated heterocycles. The Morgan fingerprint density at radius 1 is 1.22 bits per heavy atom. The molecule has 1 aromatic rings. The summed E-state index contributed by atoms with van der Waals surface area (Å²) in [6, 6.07) is 2.67. The molecule has 0 aromatic carbocycles. The number of amides is 1. The van der Waals surface area contributed by atoms with Gasteiger partial charge in [0.25, 0.3) is 0 Å². The fourth-order valence-corrected chi connectivity index (χ4v) is 3.94. The molecular weight excluding hydrogens is 290 g/mol. The molecule has 128 valence electrons. The zero-order valence-corrected chi connectivity index (χ0v) is 14.6. The summed E-state index contributed by atoms with van der Waals surface area (Å²) >= 11 is 0. The molecule has 23 heavy (non-hydrogen) atoms. The number of carbonyl (C=O) groups is 1. The Labute approximate surface area is 139 Å². The van der Waals surface area contributed by atoms with Gasteiger partial charge in [0.15, 0.2) is 0 Å². The van der Waals surface area contributed by atoms with E-state index in [9.17, 15) is 4.79 Å². The summed E-state index contributed by atoms with van der Waals surface area (Å²) < 4.78 is 5.24. The van der Waals surface area contributed by atoms with Crippen LogP contribution in [0.25, 0.3) is 0 Å². The molecule has 3 heterocycles. The van der Waals surface area contributed by atoms with E-state index < -0.39 is 0 Å². The Morgan fingerprint density at radius 2 is 1.96 bits per heavy atom. The van der Waals surface area contributed by atoms with Gasteiger partial charge < -0.3 is 14.3 Å². The van der Waals surface area contributed by atoms with E-state index >= 15 is 0 Å². The molecule has 0 bridgehead atoms. The highest BCUT2D eigenvalue weighted by atomic mass is 16.5. The third-order valence-corrected chi connectivity index (χ3v) is 5.38. The van der Waals surface area contributed by atoms with E-state index in [1.807, 2.05) is 13.0 Å². The number of piperidine rings is 2. The Morgan fingerprint density at radius 3 is 2.57 bits per heavy atom. The van der Waals surface area contributed by atoms with E-state index in [1.165, 1.54) is 0 Å². The van der Waals surface area contributed by atoms with Gasteiger partial charge in [-0.1, -0.05) is 5.16 Å². The lowest BCUT2D eigenvalue weighted by molar-refractivity contribution is -0.141. The molecular formula is C18H29N3O2. The van der Waals surface area contributed by atoms with Gasteiger partial charge in [-0.15, -0.1) is 0 Å². The van der Waals surface area contributed by atoms with Crippen LogP contribution < -0.4 is 0 Å². The van der Waals surface area contributed by atoms with Crippen molar-refractivity contribution in [3.8, 4) is 0 Å². The smallest absolute Gasteiger partial charge is 0.226 e. The van der Waals surface area contributed by atoms with Crippen molar-refractivity contribution in [1.29, 1.82) is 0 Å². The van der Waals surface area contributed by atoms with Gasteiger partial charge in [0.2, 0.25) is 5.91 Å². The maximum absolute atomic E-state index is 13.1. The molecule has 0 radical (unpaired) electrons. The van der Waals surface area contributed by atoms with Crippen molar-refractivity contribution in [2.24, 2.45) is 5.92 Å². The normalized spacial score (nSPS) is 24.3. The van der Waals surface area contributed by atoms with Crippen LogP contribution in [0.2, 0.25) is 0 Å². The van der Waals surface area contributed by atoms with Crippen molar-refractivity contribution in [3.63, 3.8) is 0 Å². The summed E-state index contributed by atoms with van der Waals surface area (Å²) in [6.07, 6.45) is 5.23. The van der Waals surface area contributed by atoms with Crippen LogP contribution in [0.3, 0.4) is 0 Å². The highest BCUT2D eigenvalue weighted by molar-refractivity contribution is 5.79. The SMILES string of the molecule is Cc1cc([C@@H]2CCCCN2C(=O)C2CCN(C(C)C)CC2)no1. The van der Waals surface area contributed by atoms with Gasteiger partial charge in [-0.05, 0) is 66.0 Å². The van der Waals surface area contributed by atoms with Gasteiger partial charge >= 0.3 is 0 Å². The van der Waals surface area contributed by atoms with Crippen LogP contribution in [0.15, 0.2) is 10.6 Å². The molecule has 2 aliphatic heterocycles. The van der Waals surface area contributed by atoms with Gasteiger partial charge in [-0.25, -0.2) is 0 Å². The molecule has 0 N–H and O–H groups in total. The standard InChI is InChI=1S/C18H29N3O2/c1-13(2)20-10-7-15(8-11-20)18(22)21-9-5-4-6-17(21)16-12-14(3)23-19-16/h12-13,15,17H,4-11H2,1-3H3/t17-/m0/s1. The number of carbonyl (C=O) groups excluding carboxylic acids is 1. The quantitative estimate of drug-likeness (QED) is 0.859. The number of hydrogen-bond donors (Lipinski definition) is 0. The summed E-state index contributed by atoms with van der Waals surface area (Å²) in [5.41, 5.74) is 0.926. The first-order chi connectivity index (χ1) is 11.1. The molecule has 5 heteroatoms. The van der Waals surface area contributed by atoms with Gasteiger partial charge in [0, 0.05) is 24.6 Å². The Kier molecular flexibility index (Phi) is 5.05. The zero-order chi connectivity index (χ0) is 16.4. The van der Waals surface area contributed by atoms with Crippen LogP contribution >= 0.6 is 0 Å². The molecule has 0 saturated carbocycles. The molecule has 0 spiro atoms. The Bertz CT molecular complexity index is 532. The van der Waals surface area contributed by atoms with Crippen molar-refractivity contribution in [2.75, 3.05) is 19.6 Å². The number of aromatic nitrogens is 1. The Hall–Kier alpha value is -1.36. The van der Waals surface area contributed by atoms with Gasteiger partial charge in [0.1, 0.15) is 11.5 Å². The van der Waals surface area contributed by atoms with E-state index in [0.29, 0.717) is 11.9 Å². The summed E-state index contributed by atoms with van der Waals surface area (Å²) in [6.45, 7) is 9.31. The number of aryl methyl sites for hydroxylation is 1. The summed E-state index contributed by atoms with van der Waals surface area (Å²) in [4.78, 5) is 17.6. The molecule has 2 fully saturated rings. The summed E-state index contributed by atoms with van der Waals surface area (Å²) in [5.74, 6) is 1.33. The van der Waals surface area contributed by atoms with Crippen LogP contribution in [0, 0.1) is 12.8 Å². The lowest BCUT2D eigenvalue weighted by atomic mass is 9.91. The minimum absolute atomic E-state index is 0.108. The molecule has 0 unspecified atom stereocenters. The zero-order valence-electron chi connectivity index (χ0n) is 14.6. The first-order valence-electron chi connectivity index (χ1n) is 9.04. The van der Waals surface area contributed by atoms with Crippen LogP contribution in [-0.4, -0.2) is 46.5 Å². The molecule has 3 rings (SSSR count). The van der Waals surface area contributed by atoms with Crippen LogP contribution in [-0.2, 0) is 4.79 Å². The first kappa shape index (κ1) is 16.5. The third-order valence-electron chi connectivity index (χ3n) is 5.38. The van der Waals surface area contributed by atoms with Crippen LogP contribution in [0.5, 0.6) is 0 Å².